The van der Waals surface area contributed by atoms with E-state index in [1.165, 1.54) is 0 Å². The van der Waals surface area contributed by atoms with E-state index in [1.54, 1.807) is 18.4 Å². The molecule has 0 aromatic heterocycles. The van der Waals surface area contributed by atoms with Crippen LogP contribution in [-0.2, 0) is 9.47 Å². The second-order valence-corrected chi connectivity index (χ2v) is 1.48. The molecular formula is C6H8O2. The minimum absolute atomic E-state index is 0.0451. The first-order valence-corrected chi connectivity index (χ1v) is 2.46. The summed E-state index contributed by atoms with van der Waals surface area (Å²) in [5.74, 6) is 0. The van der Waals surface area contributed by atoms with E-state index in [4.69, 9.17) is 9.47 Å². The van der Waals surface area contributed by atoms with Crippen molar-refractivity contribution in [1.29, 1.82) is 0 Å². The summed E-state index contributed by atoms with van der Waals surface area (Å²) in [7, 11) is 0. The van der Waals surface area contributed by atoms with Crippen LogP contribution in [0.5, 0.6) is 0 Å². The third-order valence-electron chi connectivity index (χ3n) is 0.925. The van der Waals surface area contributed by atoms with E-state index in [9.17, 15) is 0 Å². The van der Waals surface area contributed by atoms with Gasteiger partial charge in [-0.15, -0.1) is 6.58 Å². The molecule has 44 valence electrons. The van der Waals surface area contributed by atoms with Crippen LogP contribution in [0.25, 0.3) is 0 Å². The molecule has 8 heavy (non-hydrogen) atoms. The maximum absolute atomic E-state index is 5.00. The molecule has 0 aromatic rings. The third-order valence-corrected chi connectivity index (χ3v) is 0.925. The Kier molecular flexibility index (Phi) is 1.70. The summed E-state index contributed by atoms with van der Waals surface area (Å²) in [5, 5.41) is 0. The van der Waals surface area contributed by atoms with Crippen molar-refractivity contribution < 1.29 is 9.47 Å². The molecule has 0 N–H and O–H groups in total. The number of rotatable bonds is 1. The van der Waals surface area contributed by atoms with Crippen molar-refractivity contribution in [2.75, 3.05) is 6.79 Å². The van der Waals surface area contributed by atoms with Crippen molar-refractivity contribution in [2.24, 2.45) is 0 Å². The summed E-state index contributed by atoms with van der Waals surface area (Å²) in [6.45, 7) is 3.89. The molecule has 0 bridgehead atoms. The normalized spacial score (nSPS) is 26.8. The quantitative estimate of drug-likeness (QED) is 0.472. The Bertz CT molecular complexity index is 107. The highest BCUT2D eigenvalue weighted by Crippen LogP contribution is 2.01. The molecule has 0 radical (unpaired) electrons. The van der Waals surface area contributed by atoms with Crippen molar-refractivity contribution in [3.8, 4) is 0 Å². The van der Waals surface area contributed by atoms with E-state index >= 15 is 0 Å². The number of hydrogen-bond donors (Lipinski definition) is 0. The second kappa shape index (κ2) is 2.52. The predicted molar refractivity (Wildman–Crippen MR) is 30.2 cm³/mol. The largest absolute Gasteiger partial charge is 0.475 e. The Morgan fingerprint density at radius 3 is 3.00 bits per heavy atom. The van der Waals surface area contributed by atoms with Crippen LogP contribution < -0.4 is 0 Å². The fourth-order valence-corrected chi connectivity index (χ4v) is 0.492. The van der Waals surface area contributed by atoms with Crippen molar-refractivity contribution >= 4 is 0 Å². The van der Waals surface area contributed by atoms with Gasteiger partial charge in [0.2, 0.25) is 0 Å². The summed E-state index contributed by atoms with van der Waals surface area (Å²) < 4.78 is 9.75. The minimum atomic E-state index is 0.0451. The highest BCUT2D eigenvalue weighted by atomic mass is 16.7. The van der Waals surface area contributed by atoms with Gasteiger partial charge in [0.05, 0.1) is 6.26 Å². The van der Waals surface area contributed by atoms with Crippen LogP contribution in [0.1, 0.15) is 0 Å². The average molecular weight is 112 g/mol. The first kappa shape index (κ1) is 5.38. The Morgan fingerprint density at radius 1 is 1.75 bits per heavy atom. The van der Waals surface area contributed by atoms with Crippen molar-refractivity contribution in [3.05, 3.63) is 25.0 Å². The lowest BCUT2D eigenvalue weighted by atomic mass is 10.3. The minimum Gasteiger partial charge on any atom is -0.475 e. The van der Waals surface area contributed by atoms with E-state index in [2.05, 4.69) is 6.58 Å². The maximum atomic E-state index is 5.00. The van der Waals surface area contributed by atoms with E-state index in [1.807, 2.05) is 0 Å². The van der Waals surface area contributed by atoms with Crippen LogP contribution in [0.4, 0.5) is 0 Å². The van der Waals surface area contributed by atoms with Crippen molar-refractivity contribution in [1.82, 2.24) is 0 Å². The molecule has 0 saturated heterocycles. The van der Waals surface area contributed by atoms with Gasteiger partial charge in [0.15, 0.2) is 6.79 Å². The first-order valence-electron chi connectivity index (χ1n) is 2.46. The van der Waals surface area contributed by atoms with E-state index < -0.39 is 0 Å². The fourth-order valence-electron chi connectivity index (χ4n) is 0.492. The van der Waals surface area contributed by atoms with Gasteiger partial charge in [-0.2, -0.15) is 0 Å². The molecule has 1 unspecified atom stereocenters. The maximum Gasteiger partial charge on any atom is 0.189 e. The van der Waals surface area contributed by atoms with Gasteiger partial charge in [-0.3, -0.25) is 0 Å². The second-order valence-electron chi connectivity index (χ2n) is 1.48. The Morgan fingerprint density at radius 2 is 2.62 bits per heavy atom. The highest BCUT2D eigenvalue weighted by Gasteiger charge is 2.01. The molecule has 2 heteroatoms. The lowest BCUT2D eigenvalue weighted by Crippen LogP contribution is -2.12. The number of ether oxygens (including phenoxy) is 2. The highest BCUT2D eigenvalue weighted by molar-refractivity contribution is 4.97. The standard InChI is InChI=1S/C6H8O2/c1-2-6-3-4-7-5-8-6/h2-4,6H,1,5H2. The molecule has 1 aliphatic heterocycles. The molecule has 0 amide bonds. The number of hydrogen-bond acceptors (Lipinski definition) is 2. The van der Waals surface area contributed by atoms with Gasteiger partial charge in [0.25, 0.3) is 0 Å². The molecule has 0 aliphatic carbocycles. The van der Waals surface area contributed by atoms with Gasteiger partial charge < -0.3 is 9.47 Å². The Labute approximate surface area is 48.4 Å². The van der Waals surface area contributed by atoms with Gasteiger partial charge in [-0.25, -0.2) is 0 Å². The Hall–Kier alpha value is -0.760. The molecule has 0 saturated carbocycles. The van der Waals surface area contributed by atoms with Crippen LogP contribution in [0.3, 0.4) is 0 Å². The summed E-state index contributed by atoms with van der Waals surface area (Å²) in [6.07, 6.45) is 5.19. The zero-order valence-corrected chi connectivity index (χ0v) is 4.54. The molecule has 0 aromatic carbocycles. The fraction of sp³-hybridized carbons (Fsp3) is 0.333. The van der Waals surface area contributed by atoms with Crippen LogP contribution in [-0.4, -0.2) is 12.9 Å². The Balaban J connectivity index is 2.42. The van der Waals surface area contributed by atoms with Gasteiger partial charge in [0, 0.05) is 0 Å². The van der Waals surface area contributed by atoms with Gasteiger partial charge in [-0.1, -0.05) is 6.08 Å². The molecular weight excluding hydrogens is 104 g/mol. The lowest BCUT2D eigenvalue weighted by Gasteiger charge is -2.13. The summed E-state index contributed by atoms with van der Waals surface area (Å²) >= 11 is 0. The van der Waals surface area contributed by atoms with Crippen LogP contribution in [0.2, 0.25) is 0 Å². The van der Waals surface area contributed by atoms with E-state index in [0.717, 1.165) is 0 Å². The average Bonchev–Trinajstić information content (AvgIpc) is 1.90. The molecule has 0 spiro atoms. The molecule has 0 fully saturated rings. The van der Waals surface area contributed by atoms with Crippen LogP contribution in [0, 0.1) is 0 Å². The molecule has 1 heterocycles. The third kappa shape index (κ3) is 1.10. The summed E-state index contributed by atoms with van der Waals surface area (Å²) in [4.78, 5) is 0. The predicted octanol–water partition coefficient (Wildman–Crippen LogP) is 1.06. The van der Waals surface area contributed by atoms with Gasteiger partial charge >= 0.3 is 0 Å². The van der Waals surface area contributed by atoms with Gasteiger partial charge in [-0.05, 0) is 6.08 Å². The molecule has 1 atom stereocenters. The van der Waals surface area contributed by atoms with Crippen LogP contribution >= 0.6 is 0 Å². The zero-order valence-electron chi connectivity index (χ0n) is 4.54. The van der Waals surface area contributed by atoms with Gasteiger partial charge in [0.1, 0.15) is 6.10 Å². The molecule has 1 aliphatic rings. The van der Waals surface area contributed by atoms with Crippen molar-refractivity contribution in [2.45, 2.75) is 6.10 Å². The first-order chi connectivity index (χ1) is 3.93. The topological polar surface area (TPSA) is 18.5 Å². The molecule has 2 nitrogen and oxygen atoms in total. The summed E-state index contributed by atoms with van der Waals surface area (Å²) in [6, 6.07) is 0. The molecule has 1 rings (SSSR count). The monoisotopic (exact) mass is 112 g/mol. The summed E-state index contributed by atoms with van der Waals surface area (Å²) in [5.41, 5.74) is 0. The van der Waals surface area contributed by atoms with E-state index in [0.29, 0.717) is 6.79 Å². The van der Waals surface area contributed by atoms with E-state index in [-0.39, 0.29) is 6.10 Å². The smallest absolute Gasteiger partial charge is 0.189 e. The van der Waals surface area contributed by atoms with Crippen molar-refractivity contribution in [3.63, 3.8) is 0 Å². The zero-order chi connectivity index (χ0) is 5.82. The SMILES string of the molecule is C=CC1C=COCO1. The lowest BCUT2D eigenvalue weighted by molar-refractivity contribution is -0.0408. The van der Waals surface area contributed by atoms with Crippen LogP contribution in [0.15, 0.2) is 25.0 Å².